The molecule has 2 aliphatic heterocycles. The SMILES string of the molecule is O=C(CCCS(=O)(=O)N1CCCC1)N1CCCc2cc(OC(F)(F)F)ccc21. The van der Waals surface area contributed by atoms with Gasteiger partial charge in [-0.3, -0.25) is 4.79 Å². The lowest BCUT2D eigenvalue weighted by Crippen LogP contribution is -2.36. The van der Waals surface area contributed by atoms with E-state index < -0.39 is 16.4 Å². The first-order chi connectivity index (χ1) is 13.2. The molecule has 0 aromatic heterocycles. The van der Waals surface area contributed by atoms with Crippen molar-refractivity contribution in [3.63, 3.8) is 0 Å². The van der Waals surface area contributed by atoms with Gasteiger partial charge in [0.25, 0.3) is 0 Å². The van der Waals surface area contributed by atoms with Crippen molar-refractivity contribution in [2.75, 3.05) is 30.3 Å². The van der Waals surface area contributed by atoms with Crippen molar-refractivity contribution in [3.8, 4) is 5.75 Å². The molecule has 1 amide bonds. The third-order valence-corrected chi connectivity index (χ3v) is 6.91. The Balaban J connectivity index is 1.61. The second kappa shape index (κ2) is 8.28. The Kier molecular flexibility index (Phi) is 6.18. The normalized spacial score (nSPS) is 18.2. The number of anilines is 1. The van der Waals surface area contributed by atoms with Gasteiger partial charge in [-0.2, -0.15) is 0 Å². The number of fused-ring (bicyclic) bond motifs is 1. The van der Waals surface area contributed by atoms with E-state index in [1.807, 2.05) is 0 Å². The van der Waals surface area contributed by atoms with E-state index in [-0.39, 0.29) is 30.3 Å². The van der Waals surface area contributed by atoms with Crippen molar-refractivity contribution in [2.24, 2.45) is 0 Å². The number of alkyl halides is 3. The Morgan fingerprint density at radius 1 is 1.11 bits per heavy atom. The van der Waals surface area contributed by atoms with Gasteiger partial charge in [0, 0.05) is 31.7 Å². The van der Waals surface area contributed by atoms with E-state index in [0.29, 0.717) is 43.7 Å². The third-order valence-electron chi connectivity index (χ3n) is 4.96. The first-order valence-electron chi connectivity index (χ1n) is 9.32. The highest BCUT2D eigenvalue weighted by Gasteiger charge is 2.32. The van der Waals surface area contributed by atoms with Crippen LogP contribution in [0.1, 0.15) is 37.7 Å². The van der Waals surface area contributed by atoms with Crippen LogP contribution in [0, 0.1) is 0 Å². The van der Waals surface area contributed by atoms with E-state index in [4.69, 9.17) is 0 Å². The lowest BCUT2D eigenvalue weighted by molar-refractivity contribution is -0.274. The molecular formula is C18H23F3N2O4S. The molecule has 0 aliphatic carbocycles. The number of amides is 1. The minimum absolute atomic E-state index is 0.0716. The van der Waals surface area contributed by atoms with Crippen LogP contribution >= 0.6 is 0 Å². The predicted molar refractivity (Wildman–Crippen MR) is 97.6 cm³/mol. The van der Waals surface area contributed by atoms with Gasteiger partial charge in [0.2, 0.25) is 15.9 Å². The number of ether oxygens (including phenoxy) is 1. The Morgan fingerprint density at radius 3 is 2.50 bits per heavy atom. The second-order valence-corrected chi connectivity index (χ2v) is 9.10. The molecule has 6 nitrogen and oxygen atoms in total. The number of benzene rings is 1. The summed E-state index contributed by atoms with van der Waals surface area (Å²) in [5, 5.41) is 0. The van der Waals surface area contributed by atoms with Gasteiger partial charge in [0.05, 0.1) is 5.75 Å². The van der Waals surface area contributed by atoms with E-state index in [1.54, 1.807) is 0 Å². The molecule has 156 valence electrons. The van der Waals surface area contributed by atoms with Gasteiger partial charge in [-0.25, -0.2) is 12.7 Å². The summed E-state index contributed by atoms with van der Waals surface area (Å²) >= 11 is 0. The number of halogens is 3. The molecule has 0 N–H and O–H groups in total. The lowest BCUT2D eigenvalue weighted by atomic mass is 10.0. The van der Waals surface area contributed by atoms with E-state index in [1.165, 1.54) is 27.4 Å². The molecule has 1 saturated heterocycles. The van der Waals surface area contributed by atoms with Gasteiger partial charge in [-0.05, 0) is 55.9 Å². The predicted octanol–water partition coefficient (Wildman–Crippen LogP) is 3.07. The van der Waals surface area contributed by atoms with Crippen molar-refractivity contribution in [1.82, 2.24) is 4.31 Å². The molecule has 2 heterocycles. The molecule has 0 atom stereocenters. The standard InChI is InChI=1S/C18H23F3N2O4S/c19-18(20,21)27-15-7-8-16-14(13-15)5-3-11-23(16)17(24)6-4-12-28(25,26)22-9-1-2-10-22/h7-8,13H,1-6,9-12H2. The molecule has 1 fully saturated rings. The monoisotopic (exact) mass is 420 g/mol. The Labute approximate surface area is 162 Å². The average Bonchev–Trinajstić information content (AvgIpc) is 3.15. The first kappa shape index (κ1) is 20.9. The largest absolute Gasteiger partial charge is 0.573 e. The van der Waals surface area contributed by atoms with E-state index in [9.17, 15) is 26.4 Å². The van der Waals surface area contributed by atoms with Crippen molar-refractivity contribution in [3.05, 3.63) is 23.8 Å². The molecule has 28 heavy (non-hydrogen) atoms. The highest BCUT2D eigenvalue weighted by atomic mass is 32.2. The summed E-state index contributed by atoms with van der Waals surface area (Å²) in [5.74, 6) is -0.600. The molecule has 0 unspecified atom stereocenters. The van der Waals surface area contributed by atoms with Crippen LogP contribution in [0.5, 0.6) is 5.75 Å². The van der Waals surface area contributed by atoms with E-state index in [0.717, 1.165) is 12.8 Å². The summed E-state index contributed by atoms with van der Waals surface area (Å²) in [6, 6.07) is 3.95. The molecule has 0 radical (unpaired) electrons. The zero-order chi connectivity index (χ0) is 20.4. The number of carbonyl (C=O) groups excluding carboxylic acids is 1. The van der Waals surface area contributed by atoms with Gasteiger partial charge in [-0.15, -0.1) is 13.2 Å². The maximum Gasteiger partial charge on any atom is 0.573 e. The number of nitrogens with zero attached hydrogens (tertiary/aromatic N) is 2. The Hall–Kier alpha value is -1.81. The smallest absolute Gasteiger partial charge is 0.406 e. The molecule has 1 aromatic carbocycles. The number of hydrogen-bond acceptors (Lipinski definition) is 4. The first-order valence-corrected chi connectivity index (χ1v) is 10.9. The van der Waals surface area contributed by atoms with E-state index in [2.05, 4.69) is 4.74 Å². The molecule has 10 heteroatoms. The maximum absolute atomic E-state index is 12.6. The van der Waals surface area contributed by atoms with Crippen molar-refractivity contribution < 1.29 is 31.1 Å². The quantitative estimate of drug-likeness (QED) is 0.710. The van der Waals surface area contributed by atoms with Gasteiger partial charge >= 0.3 is 6.36 Å². The molecule has 0 spiro atoms. The van der Waals surface area contributed by atoms with Crippen LogP contribution < -0.4 is 9.64 Å². The number of hydrogen-bond donors (Lipinski definition) is 0. The fourth-order valence-electron chi connectivity index (χ4n) is 3.67. The minimum Gasteiger partial charge on any atom is -0.406 e. The molecule has 1 aromatic rings. The summed E-state index contributed by atoms with van der Waals surface area (Å²) < 4.78 is 67.0. The topological polar surface area (TPSA) is 66.9 Å². The fraction of sp³-hybridized carbons (Fsp3) is 0.611. The Bertz CT molecular complexity index is 821. The molecule has 0 saturated carbocycles. The van der Waals surface area contributed by atoms with Crippen LogP contribution in [0.4, 0.5) is 18.9 Å². The second-order valence-electron chi connectivity index (χ2n) is 7.01. The van der Waals surface area contributed by atoms with Gasteiger partial charge in [0.15, 0.2) is 0 Å². The maximum atomic E-state index is 12.6. The van der Waals surface area contributed by atoms with E-state index >= 15 is 0 Å². The van der Waals surface area contributed by atoms with Gasteiger partial charge in [-0.1, -0.05) is 0 Å². The van der Waals surface area contributed by atoms with Crippen LogP contribution in [0.25, 0.3) is 0 Å². The summed E-state index contributed by atoms with van der Waals surface area (Å²) in [4.78, 5) is 14.1. The molecule has 0 bridgehead atoms. The average molecular weight is 420 g/mol. The Morgan fingerprint density at radius 2 is 1.82 bits per heavy atom. The zero-order valence-electron chi connectivity index (χ0n) is 15.4. The van der Waals surface area contributed by atoms with Crippen LogP contribution in [0.3, 0.4) is 0 Å². The van der Waals surface area contributed by atoms with Crippen LogP contribution in [-0.2, 0) is 21.2 Å². The van der Waals surface area contributed by atoms with Crippen molar-refractivity contribution >= 4 is 21.6 Å². The van der Waals surface area contributed by atoms with Crippen molar-refractivity contribution in [2.45, 2.75) is 44.9 Å². The fourth-order valence-corrected chi connectivity index (χ4v) is 5.25. The number of aryl methyl sites for hydroxylation is 1. The lowest BCUT2D eigenvalue weighted by Gasteiger charge is -2.30. The highest BCUT2D eigenvalue weighted by Crippen LogP contribution is 2.33. The third kappa shape index (κ3) is 5.16. The summed E-state index contributed by atoms with van der Waals surface area (Å²) in [5.41, 5.74) is 1.18. The highest BCUT2D eigenvalue weighted by molar-refractivity contribution is 7.89. The summed E-state index contributed by atoms with van der Waals surface area (Å²) in [6.07, 6.45) is -1.56. The zero-order valence-corrected chi connectivity index (χ0v) is 16.2. The van der Waals surface area contributed by atoms with Crippen LogP contribution in [-0.4, -0.2) is 50.4 Å². The van der Waals surface area contributed by atoms with Crippen LogP contribution in [0.15, 0.2) is 18.2 Å². The minimum atomic E-state index is -4.76. The molecule has 3 rings (SSSR count). The summed E-state index contributed by atoms with van der Waals surface area (Å²) in [7, 11) is -3.33. The summed E-state index contributed by atoms with van der Waals surface area (Å²) in [6.45, 7) is 1.54. The van der Waals surface area contributed by atoms with Crippen LogP contribution in [0.2, 0.25) is 0 Å². The van der Waals surface area contributed by atoms with Crippen molar-refractivity contribution in [1.29, 1.82) is 0 Å². The number of carbonyl (C=O) groups is 1. The molecular weight excluding hydrogens is 397 g/mol. The number of rotatable bonds is 6. The van der Waals surface area contributed by atoms with Gasteiger partial charge < -0.3 is 9.64 Å². The van der Waals surface area contributed by atoms with Gasteiger partial charge in [0.1, 0.15) is 5.75 Å². The number of sulfonamides is 1. The molecule has 2 aliphatic rings.